The molecule has 98 valence electrons. The summed E-state index contributed by atoms with van der Waals surface area (Å²) >= 11 is 0. The van der Waals surface area contributed by atoms with Crippen LogP contribution < -0.4 is 14.8 Å². The van der Waals surface area contributed by atoms with Crippen LogP contribution in [0.2, 0.25) is 0 Å². The van der Waals surface area contributed by atoms with Crippen molar-refractivity contribution in [1.29, 1.82) is 0 Å². The number of benzene rings is 1. The molecular weight excluding hydrogens is 241 g/mol. The van der Waals surface area contributed by atoms with Gasteiger partial charge >= 0.3 is 5.97 Å². The summed E-state index contributed by atoms with van der Waals surface area (Å²) in [6.45, 7) is 0.413. The molecule has 1 atom stereocenters. The highest BCUT2D eigenvalue weighted by Crippen LogP contribution is 2.38. The molecule has 0 saturated carbocycles. The first-order chi connectivity index (χ1) is 8.60. The van der Waals surface area contributed by atoms with Gasteiger partial charge in [0.05, 0.1) is 14.2 Å². The van der Waals surface area contributed by atoms with Gasteiger partial charge in [-0.3, -0.25) is 4.79 Å². The Morgan fingerprint density at radius 1 is 1.50 bits per heavy atom. The lowest BCUT2D eigenvalue weighted by molar-refractivity contribution is -0.139. The van der Waals surface area contributed by atoms with Gasteiger partial charge in [0.15, 0.2) is 17.3 Å². The van der Waals surface area contributed by atoms with Crippen LogP contribution in [0.5, 0.6) is 11.5 Å². The molecule has 0 spiro atoms. The second-order valence-corrected chi connectivity index (χ2v) is 3.97. The summed E-state index contributed by atoms with van der Waals surface area (Å²) in [5.74, 6) is -1.37. The van der Waals surface area contributed by atoms with Gasteiger partial charge in [-0.2, -0.15) is 0 Å². The summed E-state index contributed by atoms with van der Waals surface area (Å²) in [5.41, 5.74) is 0.766. The Morgan fingerprint density at radius 2 is 2.22 bits per heavy atom. The molecule has 18 heavy (non-hydrogen) atoms. The molecule has 5 nitrogen and oxygen atoms in total. The Morgan fingerprint density at radius 3 is 2.78 bits per heavy atom. The number of halogens is 1. The number of nitrogens with one attached hydrogen (secondary N) is 1. The monoisotopic (exact) mass is 255 g/mol. The maximum Gasteiger partial charge on any atom is 0.325 e. The van der Waals surface area contributed by atoms with Crippen molar-refractivity contribution in [1.82, 2.24) is 5.32 Å². The van der Waals surface area contributed by atoms with Crippen LogP contribution in [0.15, 0.2) is 6.07 Å². The molecule has 2 N–H and O–H groups in total. The lowest BCUT2D eigenvalue weighted by Crippen LogP contribution is -2.35. The van der Waals surface area contributed by atoms with Gasteiger partial charge in [-0.25, -0.2) is 4.39 Å². The Balaban J connectivity index is 2.62. The molecule has 1 unspecified atom stereocenters. The van der Waals surface area contributed by atoms with Crippen LogP contribution in [0.3, 0.4) is 0 Å². The van der Waals surface area contributed by atoms with E-state index < -0.39 is 17.8 Å². The normalized spacial score (nSPS) is 18.1. The predicted molar refractivity (Wildman–Crippen MR) is 61.6 cm³/mol. The number of fused-ring (bicyclic) bond motifs is 1. The molecule has 0 saturated heterocycles. The quantitative estimate of drug-likeness (QED) is 0.847. The molecule has 1 aliphatic rings. The minimum absolute atomic E-state index is 0.0160. The zero-order valence-electron chi connectivity index (χ0n) is 10.1. The molecule has 0 fully saturated rings. The van der Waals surface area contributed by atoms with Crippen LogP contribution in [-0.2, 0) is 11.2 Å². The number of methoxy groups -OCH3 is 2. The number of hydrogen-bond donors (Lipinski definition) is 2. The predicted octanol–water partition coefficient (Wildman–Crippen LogP) is 1.11. The van der Waals surface area contributed by atoms with Gasteiger partial charge in [0, 0.05) is 6.54 Å². The maximum absolute atomic E-state index is 14.2. The number of carboxylic acid groups (broad SMARTS) is 1. The SMILES string of the molecule is COc1cc2c(c(F)c1OC)CCNC2C(=O)O. The van der Waals surface area contributed by atoms with Crippen LogP contribution in [0.1, 0.15) is 17.2 Å². The molecular formula is C12H14FNO4. The van der Waals surface area contributed by atoms with E-state index in [4.69, 9.17) is 14.6 Å². The molecule has 0 aromatic heterocycles. The fourth-order valence-electron chi connectivity index (χ4n) is 2.19. The third-order valence-corrected chi connectivity index (χ3v) is 3.03. The van der Waals surface area contributed by atoms with E-state index in [1.54, 1.807) is 0 Å². The first-order valence-corrected chi connectivity index (χ1v) is 5.49. The van der Waals surface area contributed by atoms with Crippen molar-refractivity contribution in [3.05, 3.63) is 23.0 Å². The van der Waals surface area contributed by atoms with Gasteiger partial charge in [-0.15, -0.1) is 0 Å². The summed E-state index contributed by atoms with van der Waals surface area (Å²) in [6, 6.07) is 0.602. The first kappa shape index (κ1) is 12.6. The van der Waals surface area contributed by atoms with Crippen molar-refractivity contribution in [2.45, 2.75) is 12.5 Å². The van der Waals surface area contributed by atoms with E-state index in [2.05, 4.69) is 5.32 Å². The molecule has 0 aliphatic carbocycles. The molecule has 0 bridgehead atoms. The summed E-state index contributed by atoms with van der Waals surface area (Å²) in [6.07, 6.45) is 0.422. The fourth-order valence-corrected chi connectivity index (χ4v) is 2.19. The maximum atomic E-state index is 14.2. The smallest absolute Gasteiger partial charge is 0.325 e. The fraction of sp³-hybridized carbons (Fsp3) is 0.417. The van der Waals surface area contributed by atoms with E-state index in [0.717, 1.165) is 0 Å². The third-order valence-electron chi connectivity index (χ3n) is 3.03. The van der Waals surface area contributed by atoms with Crippen molar-refractivity contribution in [2.24, 2.45) is 0 Å². The number of ether oxygens (including phenoxy) is 2. The van der Waals surface area contributed by atoms with E-state index in [-0.39, 0.29) is 11.5 Å². The number of carbonyl (C=O) groups is 1. The largest absolute Gasteiger partial charge is 0.493 e. The zero-order chi connectivity index (χ0) is 13.3. The van der Waals surface area contributed by atoms with Crippen molar-refractivity contribution in [3.63, 3.8) is 0 Å². The Bertz CT molecular complexity index is 489. The third kappa shape index (κ3) is 1.88. The second-order valence-electron chi connectivity index (χ2n) is 3.97. The van der Waals surface area contributed by atoms with E-state index in [1.807, 2.05) is 0 Å². The highest BCUT2D eigenvalue weighted by molar-refractivity contribution is 5.77. The summed E-state index contributed by atoms with van der Waals surface area (Å²) in [7, 11) is 2.73. The lowest BCUT2D eigenvalue weighted by atomic mass is 9.93. The van der Waals surface area contributed by atoms with E-state index in [1.165, 1.54) is 20.3 Å². The van der Waals surface area contributed by atoms with Gasteiger partial charge in [-0.1, -0.05) is 0 Å². The van der Waals surface area contributed by atoms with E-state index >= 15 is 0 Å². The highest BCUT2D eigenvalue weighted by Gasteiger charge is 2.31. The van der Waals surface area contributed by atoms with Crippen LogP contribution in [0, 0.1) is 5.82 Å². The minimum Gasteiger partial charge on any atom is -0.493 e. The Hall–Kier alpha value is -1.82. The Labute approximate surface area is 104 Å². The summed E-state index contributed by atoms with van der Waals surface area (Å²) in [5, 5.41) is 11.9. The standard InChI is InChI=1S/C12H14FNO4/c1-17-8-5-7-6(9(13)11(8)18-2)3-4-14-10(7)12(15)16/h5,10,14H,3-4H2,1-2H3,(H,15,16). The van der Waals surface area contributed by atoms with Gasteiger partial charge < -0.3 is 19.9 Å². The summed E-state index contributed by atoms with van der Waals surface area (Å²) < 4.78 is 24.2. The van der Waals surface area contributed by atoms with Crippen LogP contribution in [0.25, 0.3) is 0 Å². The van der Waals surface area contributed by atoms with Crippen molar-refractivity contribution < 1.29 is 23.8 Å². The van der Waals surface area contributed by atoms with Crippen LogP contribution in [-0.4, -0.2) is 31.8 Å². The topological polar surface area (TPSA) is 67.8 Å². The first-order valence-electron chi connectivity index (χ1n) is 5.49. The van der Waals surface area contributed by atoms with E-state index in [9.17, 15) is 9.18 Å². The minimum atomic E-state index is -1.04. The molecule has 1 aromatic rings. The molecule has 0 radical (unpaired) electrons. The molecule has 2 rings (SSSR count). The Kier molecular flexibility index (Phi) is 3.38. The van der Waals surface area contributed by atoms with Crippen molar-refractivity contribution in [3.8, 4) is 11.5 Å². The second kappa shape index (κ2) is 4.81. The molecule has 1 aromatic carbocycles. The zero-order valence-corrected chi connectivity index (χ0v) is 10.1. The highest BCUT2D eigenvalue weighted by atomic mass is 19.1. The number of aliphatic carboxylic acids is 1. The molecule has 0 amide bonds. The lowest BCUT2D eigenvalue weighted by Gasteiger charge is -2.25. The van der Waals surface area contributed by atoms with Crippen molar-refractivity contribution >= 4 is 5.97 Å². The number of hydrogen-bond acceptors (Lipinski definition) is 4. The van der Waals surface area contributed by atoms with Crippen molar-refractivity contribution in [2.75, 3.05) is 20.8 Å². The van der Waals surface area contributed by atoms with E-state index in [0.29, 0.717) is 24.1 Å². The molecule has 1 aliphatic heterocycles. The van der Waals surface area contributed by atoms with Gasteiger partial charge in [0.1, 0.15) is 6.04 Å². The molecule has 6 heteroatoms. The number of rotatable bonds is 3. The van der Waals surface area contributed by atoms with Crippen LogP contribution >= 0.6 is 0 Å². The summed E-state index contributed by atoms with van der Waals surface area (Å²) in [4.78, 5) is 11.1. The molecule has 1 heterocycles. The van der Waals surface area contributed by atoms with Gasteiger partial charge in [-0.05, 0) is 23.6 Å². The van der Waals surface area contributed by atoms with Gasteiger partial charge in [0.2, 0.25) is 0 Å². The average molecular weight is 255 g/mol. The van der Waals surface area contributed by atoms with Gasteiger partial charge in [0.25, 0.3) is 0 Å². The van der Waals surface area contributed by atoms with Crippen LogP contribution in [0.4, 0.5) is 4.39 Å². The number of carboxylic acids is 1. The average Bonchev–Trinajstić information content (AvgIpc) is 2.37.